The third-order valence-electron chi connectivity index (χ3n) is 4.62. The minimum Gasteiger partial charge on any atom is -0.339 e. The number of rotatable bonds is 5. The van der Waals surface area contributed by atoms with Gasteiger partial charge in [0.25, 0.3) is 0 Å². The van der Waals surface area contributed by atoms with Gasteiger partial charge in [-0.15, -0.1) is 0 Å². The molecular weight excluding hydrogens is 290 g/mol. The zero-order valence-electron chi connectivity index (χ0n) is 13.0. The van der Waals surface area contributed by atoms with E-state index in [4.69, 9.17) is 5.14 Å². The first-order chi connectivity index (χ1) is 9.78. The van der Waals surface area contributed by atoms with Crippen LogP contribution in [0.1, 0.15) is 46.0 Å². The summed E-state index contributed by atoms with van der Waals surface area (Å²) in [4.78, 5) is 16.6. The van der Waals surface area contributed by atoms with Gasteiger partial charge in [0, 0.05) is 31.1 Å². The van der Waals surface area contributed by atoms with Crippen LogP contribution < -0.4 is 5.14 Å². The van der Waals surface area contributed by atoms with Crippen LogP contribution in [0.25, 0.3) is 0 Å². The number of likely N-dealkylation sites (tertiary alicyclic amines) is 2. The predicted octanol–water partition coefficient (Wildman–Crippen LogP) is 0.529. The van der Waals surface area contributed by atoms with Crippen molar-refractivity contribution in [2.75, 3.05) is 18.8 Å². The van der Waals surface area contributed by atoms with Gasteiger partial charge < -0.3 is 4.90 Å². The number of primary sulfonamides is 1. The topological polar surface area (TPSA) is 83.7 Å². The van der Waals surface area contributed by atoms with Crippen molar-refractivity contribution >= 4 is 15.9 Å². The Labute approximate surface area is 127 Å². The molecule has 122 valence electrons. The fourth-order valence-electron chi connectivity index (χ4n) is 3.68. The van der Waals surface area contributed by atoms with Gasteiger partial charge in [-0.25, -0.2) is 13.6 Å². The van der Waals surface area contributed by atoms with E-state index < -0.39 is 10.0 Å². The van der Waals surface area contributed by atoms with Crippen LogP contribution in [0.2, 0.25) is 0 Å². The molecule has 2 saturated heterocycles. The summed E-state index contributed by atoms with van der Waals surface area (Å²) in [5.74, 6) is -0.0317. The van der Waals surface area contributed by atoms with Crippen molar-refractivity contribution in [1.29, 1.82) is 0 Å². The Kier molecular flexibility index (Phi) is 5.27. The summed E-state index contributed by atoms with van der Waals surface area (Å²) in [7, 11) is -3.53. The molecule has 0 aliphatic carbocycles. The maximum atomic E-state index is 12.5. The molecule has 1 amide bonds. The van der Waals surface area contributed by atoms with Gasteiger partial charge in [-0.1, -0.05) is 0 Å². The van der Waals surface area contributed by atoms with Gasteiger partial charge in [0.1, 0.15) is 0 Å². The van der Waals surface area contributed by atoms with Crippen molar-refractivity contribution in [3.05, 3.63) is 0 Å². The highest BCUT2D eigenvalue weighted by Crippen LogP contribution is 2.26. The Balaban J connectivity index is 1.96. The Morgan fingerprint density at radius 1 is 1.19 bits per heavy atom. The van der Waals surface area contributed by atoms with Gasteiger partial charge in [-0.2, -0.15) is 0 Å². The number of carbonyl (C=O) groups excluding carboxylic acids is 1. The molecule has 0 spiro atoms. The first-order valence-electron chi connectivity index (χ1n) is 7.83. The summed E-state index contributed by atoms with van der Waals surface area (Å²) in [6.45, 7) is 6.02. The Hall–Kier alpha value is -0.660. The van der Waals surface area contributed by atoms with E-state index in [2.05, 4.69) is 18.7 Å². The fourth-order valence-corrected chi connectivity index (χ4v) is 4.56. The highest BCUT2D eigenvalue weighted by molar-refractivity contribution is 7.89. The van der Waals surface area contributed by atoms with E-state index in [1.165, 1.54) is 0 Å². The summed E-state index contributed by atoms with van der Waals surface area (Å²) in [6, 6.07) is 0.513. The van der Waals surface area contributed by atoms with Gasteiger partial charge in [-0.3, -0.25) is 9.69 Å². The molecule has 2 N–H and O–H groups in total. The van der Waals surface area contributed by atoms with Gasteiger partial charge in [0.05, 0.1) is 5.75 Å². The molecule has 2 heterocycles. The standard InChI is InChI=1S/C14H27N3O3S/c1-11(2)16-7-3-5-12(16)9-14(18)17-8-4-6-13(17)10-21(15,19)20/h11-13H,3-10H2,1-2H3,(H2,15,19,20)/t12-,13?/m0/s1. The van der Waals surface area contributed by atoms with E-state index >= 15 is 0 Å². The second-order valence-corrected chi connectivity index (χ2v) is 8.20. The van der Waals surface area contributed by atoms with Crippen LogP contribution >= 0.6 is 0 Å². The number of nitrogens with two attached hydrogens (primary N) is 1. The van der Waals surface area contributed by atoms with Crippen molar-refractivity contribution in [2.45, 2.75) is 64.1 Å². The molecule has 0 saturated carbocycles. The normalized spacial score (nSPS) is 27.7. The Morgan fingerprint density at radius 3 is 2.43 bits per heavy atom. The number of hydrogen-bond acceptors (Lipinski definition) is 4. The second-order valence-electron chi connectivity index (χ2n) is 6.54. The van der Waals surface area contributed by atoms with Crippen LogP contribution in [0, 0.1) is 0 Å². The molecule has 2 aliphatic heterocycles. The molecule has 21 heavy (non-hydrogen) atoms. The molecule has 0 aromatic rings. The van der Waals surface area contributed by atoms with E-state index in [-0.39, 0.29) is 17.7 Å². The molecule has 2 rings (SSSR count). The van der Waals surface area contributed by atoms with Gasteiger partial charge in [0.15, 0.2) is 0 Å². The van der Waals surface area contributed by atoms with E-state index in [9.17, 15) is 13.2 Å². The van der Waals surface area contributed by atoms with Crippen LogP contribution in [-0.4, -0.2) is 61.1 Å². The average molecular weight is 317 g/mol. The smallest absolute Gasteiger partial charge is 0.224 e. The van der Waals surface area contributed by atoms with E-state index in [0.29, 0.717) is 25.0 Å². The summed E-state index contributed by atoms with van der Waals surface area (Å²) in [5.41, 5.74) is 0. The Morgan fingerprint density at radius 2 is 1.81 bits per heavy atom. The fraction of sp³-hybridized carbons (Fsp3) is 0.929. The zero-order valence-corrected chi connectivity index (χ0v) is 13.8. The van der Waals surface area contributed by atoms with Gasteiger partial charge >= 0.3 is 0 Å². The first-order valence-corrected chi connectivity index (χ1v) is 9.55. The maximum Gasteiger partial charge on any atom is 0.224 e. The van der Waals surface area contributed by atoms with Gasteiger partial charge in [-0.05, 0) is 46.1 Å². The molecule has 0 aromatic carbocycles. The summed E-state index contributed by atoms with van der Waals surface area (Å²) < 4.78 is 22.5. The minimum atomic E-state index is -3.53. The van der Waals surface area contributed by atoms with Crippen LogP contribution in [0.15, 0.2) is 0 Å². The van der Waals surface area contributed by atoms with Crippen LogP contribution in [0.3, 0.4) is 0 Å². The van der Waals surface area contributed by atoms with E-state index in [1.807, 2.05) is 0 Å². The molecule has 0 aromatic heterocycles. The summed E-state index contributed by atoms with van der Waals surface area (Å²) in [5, 5.41) is 5.13. The molecule has 2 atom stereocenters. The van der Waals surface area contributed by atoms with Crippen molar-refractivity contribution in [1.82, 2.24) is 9.80 Å². The number of carbonyl (C=O) groups is 1. The van der Waals surface area contributed by atoms with Gasteiger partial charge in [0.2, 0.25) is 15.9 Å². The zero-order chi connectivity index (χ0) is 15.6. The van der Waals surface area contributed by atoms with Crippen molar-refractivity contribution in [3.8, 4) is 0 Å². The number of hydrogen-bond donors (Lipinski definition) is 1. The first kappa shape index (κ1) is 16.7. The summed E-state index contributed by atoms with van der Waals surface area (Å²) in [6.07, 6.45) is 4.29. The largest absolute Gasteiger partial charge is 0.339 e. The summed E-state index contributed by atoms with van der Waals surface area (Å²) >= 11 is 0. The highest BCUT2D eigenvalue weighted by Gasteiger charge is 2.35. The molecule has 2 fully saturated rings. The highest BCUT2D eigenvalue weighted by atomic mass is 32.2. The van der Waals surface area contributed by atoms with Crippen LogP contribution in [-0.2, 0) is 14.8 Å². The lowest BCUT2D eigenvalue weighted by molar-refractivity contribution is -0.132. The third kappa shape index (κ3) is 4.40. The molecule has 0 bridgehead atoms. The van der Waals surface area contributed by atoms with E-state index in [0.717, 1.165) is 32.2 Å². The molecule has 1 unspecified atom stereocenters. The van der Waals surface area contributed by atoms with Crippen molar-refractivity contribution in [2.24, 2.45) is 5.14 Å². The third-order valence-corrected chi connectivity index (χ3v) is 5.47. The lowest BCUT2D eigenvalue weighted by Gasteiger charge is -2.30. The lowest BCUT2D eigenvalue weighted by atomic mass is 10.1. The SMILES string of the molecule is CC(C)N1CCC[C@H]1CC(=O)N1CCCC1CS(N)(=O)=O. The molecule has 0 radical (unpaired) electrons. The number of amides is 1. The second kappa shape index (κ2) is 6.62. The van der Waals surface area contributed by atoms with Crippen LogP contribution in [0.5, 0.6) is 0 Å². The molecule has 7 heteroatoms. The lowest BCUT2D eigenvalue weighted by Crippen LogP contribution is -2.44. The number of sulfonamides is 1. The quantitative estimate of drug-likeness (QED) is 0.801. The van der Waals surface area contributed by atoms with Crippen molar-refractivity contribution in [3.63, 3.8) is 0 Å². The molecular formula is C14H27N3O3S. The van der Waals surface area contributed by atoms with Crippen molar-refractivity contribution < 1.29 is 13.2 Å². The monoisotopic (exact) mass is 317 g/mol. The molecule has 6 nitrogen and oxygen atoms in total. The maximum absolute atomic E-state index is 12.5. The minimum absolute atomic E-state index is 0.0821. The predicted molar refractivity (Wildman–Crippen MR) is 82.2 cm³/mol. The Bertz CT molecular complexity index is 478. The number of nitrogens with zero attached hydrogens (tertiary/aromatic N) is 2. The van der Waals surface area contributed by atoms with Crippen LogP contribution in [0.4, 0.5) is 0 Å². The molecule has 2 aliphatic rings. The average Bonchev–Trinajstić information content (AvgIpc) is 2.95. The van der Waals surface area contributed by atoms with E-state index in [1.54, 1.807) is 4.90 Å².